The van der Waals surface area contributed by atoms with Gasteiger partial charge in [0, 0.05) is 29.7 Å². The van der Waals surface area contributed by atoms with E-state index in [1.54, 1.807) is 6.33 Å². The first-order valence-corrected chi connectivity index (χ1v) is 8.64. The second kappa shape index (κ2) is 6.21. The predicted molar refractivity (Wildman–Crippen MR) is 82.0 cm³/mol. The van der Waals surface area contributed by atoms with Crippen molar-refractivity contribution in [3.05, 3.63) is 17.6 Å². The standard InChI is InChI=1S/C15H22BrN3/c16-10-12-6-8-19(9-7-12)15-13-4-2-1-3-5-14(13)17-11-18-15/h11-12H,1-10H2. The van der Waals surface area contributed by atoms with Gasteiger partial charge in [-0.05, 0) is 44.4 Å². The number of piperidine rings is 1. The van der Waals surface area contributed by atoms with Crippen LogP contribution in [0, 0.1) is 5.92 Å². The second-order valence-electron chi connectivity index (χ2n) is 5.77. The molecule has 2 heterocycles. The minimum atomic E-state index is 0.844. The Labute approximate surface area is 124 Å². The fraction of sp³-hybridized carbons (Fsp3) is 0.733. The number of aromatic nitrogens is 2. The molecule has 19 heavy (non-hydrogen) atoms. The van der Waals surface area contributed by atoms with E-state index in [1.807, 2.05) is 0 Å². The SMILES string of the molecule is BrCC1CCN(c2ncnc3c2CCCCC3)CC1. The molecule has 1 aromatic rings. The van der Waals surface area contributed by atoms with Crippen molar-refractivity contribution in [1.29, 1.82) is 0 Å². The maximum atomic E-state index is 4.61. The largest absolute Gasteiger partial charge is 0.356 e. The first-order chi connectivity index (χ1) is 9.38. The highest BCUT2D eigenvalue weighted by Crippen LogP contribution is 2.29. The highest BCUT2D eigenvalue weighted by molar-refractivity contribution is 9.09. The van der Waals surface area contributed by atoms with Crippen molar-refractivity contribution in [1.82, 2.24) is 9.97 Å². The van der Waals surface area contributed by atoms with Crippen molar-refractivity contribution in [3.8, 4) is 0 Å². The Morgan fingerprint density at radius 1 is 1.11 bits per heavy atom. The lowest BCUT2D eigenvalue weighted by atomic mass is 9.98. The monoisotopic (exact) mass is 323 g/mol. The van der Waals surface area contributed by atoms with Gasteiger partial charge < -0.3 is 4.90 Å². The highest BCUT2D eigenvalue weighted by Gasteiger charge is 2.23. The quantitative estimate of drug-likeness (QED) is 0.617. The van der Waals surface area contributed by atoms with Crippen LogP contribution in [-0.2, 0) is 12.8 Å². The van der Waals surface area contributed by atoms with E-state index in [-0.39, 0.29) is 0 Å². The average Bonchev–Trinajstić information content (AvgIpc) is 2.72. The fourth-order valence-corrected chi connectivity index (χ4v) is 3.90. The van der Waals surface area contributed by atoms with Crippen molar-refractivity contribution in [2.24, 2.45) is 5.92 Å². The summed E-state index contributed by atoms with van der Waals surface area (Å²) in [5, 5.41) is 1.14. The summed E-state index contributed by atoms with van der Waals surface area (Å²) in [5.74, 6) is 2.08. The first-order valence-electron chi connectivity index (χ1n) is 7.52. The summed E-state index contributed by atoms with van der Waals surface area (Å²) in [5.41, 5.74) is 2.75. The minimum absolute atomic E-state index is 0.844. The first kappa shape index (κ1) is 13.3. The number of aryl methyl sites for hydroxylation is 1. The van der Waals surface area contributed by atoms with Gasteiger partial charge in [-0.1, -0.05) is 22.4 Å². The Kier molecular flexibility index (Phi) is 4.36. The molecule has 0 bridgehead atoms. The summed E-state index contributed by atoms with van der Waals surface area (Å²) in [7, 11) is 0. The van der Waals surface area contributed by atoms with Gasteiger partial charge in [-0.15, -0.1) is 0 Å². The molecule has 1 aliphatic heterocycles. The van der Waals surface area contributed by atoms with Crippen molar-refractivity contribution < 1.29 is 0 Å². The molecule has 0 aromatic carbocycles. The molecule has 0 amide bonds. The third kappa shape index (κ3) is 2.93. The summed E-state index contributed by atoms with van der Waals surface area (Å²) in [6.07, 6.45) is 10.6. The number of hydrogen-bond acceptors (Lipinski definition) is 3. The predicted octanol–water partition coefficient (Wildman–Crippen LogP) is 3.36. The number of anilines is 1. The summed E-state index contributed by atoms with van der Waals surface area (Å²) >= 11 is 3.61. The van der Waals surface area contributed by atoms with Crippen LogP contribution in [0.5, 0.6) is 0 Å². The van der Waals surface area contributed by atoms with E-state index in [0.717, 1.165) is 30.8 Å². The van der Waals surface area contributed by atoms with Crippen LogP contribution in [0.15, 0.2) is 6.33 Å². The fourth-order valence-electron chi connectivity index (χ4n) is 3.25. The lowest BCUT2D eigenvalue weighted by Gasteiger charge is -2.33. The Morgan fingerprint density at radius 2 is 1.89 bits per heavy atom. The molecule has 4 heteroatoms. The van der Waals surface area contributed by atoms with Gasteiger partial charge in [-0.3, -0.25) is 0 Å². The normalized spacial score (nSPS) is 21.0. The number of hydrogen-bond donors (Lipinski definition) is 0. The van der Waals surface area contributed by atoms with Crippen LogP contribution in [-0.4, -0.2) is 28.4 Å². The number of halogens is 1. The molecule has 0 unspecified atom stereocenters. The van der Waals surface area contributed by atoms with Gasteiger partial charge in [-0.2, -0.15) is 0 Å². The van der Waals surface area contributed by atoms with Gasteiger partial charge in [0.05, 0.1) is 0 Å². The van der Waals surface area contributed by atoms with Crippen molar-refractivity contribution in [3.63, 3.8) is 0 Å². The maximum Gasteiger partial charge on any atom is 0.135 e. The molecule has 1 saturated heterocycles. The van der Waals surface area contributed by atoms with E-state index < -0.39 is 0 Å². The van der Waals surface area contributed by atoms with E-state index in [9.17, 15) is 0 Å². The molecule has 104 valence electrons. The molecule has 2 aliphatic rings. The molecule has 3 rings (SSSR count). The van der Waals surface area contributed by atoms with Crippen LogP contribution in [0.4, 0.5) is 5.82 Å². The van der Waals surface area contributed by atoms with Crippen LogP contribution < -0.4 is 4.90 Å². The Balaban J connectivity index is 1.81. The molecule has 0 spiro atoms. The van der Waals surface area contributed by atoms with Crippen molar-refractivity contribution in [2.75, 3.05) is 23.3 Å². The topological polar surface area (TPSA) is 29.0 Å². The van der Waals surface area contributed by atoms with Crippen LogP contribution in [0.2, 0.25) is 0 Å². The van der Waals surface area contributed by atoms with E-state index in [1.165, 1.54) is 55.6 Å². The smallest absolute Gasteiger partial charge is 0.135 e. The van der Waals surface area contributed by atoms with E-state index in [2.05, 4.69) is 30.8 Å². The van der Waals surface area contributed by atoms with Gasteiger partial charge in [0.25, 0.3) is 0 Å². The molecule has 0 radical (unpaired) electrons. The van der Waals surface area contributed by atoms with Crippen LogP contribution in [0.3, 0.4) is 0 Å². The lowest BCUT2D eigenvalue weighted by Crippen LogP contribution is -2.35. The van der Waals surface area contributed by atoms with E-state index in [0.29, 0.717) is 0 Å². The number of rotatable bonds is 2. The van der Waals surface area contributed by atoms with Crippen molar-refractivity contribution >= 4 is 21.7 Å². The Hall–Kier alpha value is -0.640. The summed E-state index contributed by atoms with van der Waals surface area (Å²) in [6, 6.07) is 0. The maximum absolute atomic E-state index is 4.61. The molecule has 1 aromatic heterocycles. The molecule has 0 atom stereocenters. The zero-order valence-electron chi connectivity index (χ0n) is 11.4. The molecular weight excluding hydrogens is 302 g/mol. The Morgan fingerprint density at radius 3 is 2.68 bits per heavy atom. The van der Waals surface area contributed by atoms with E-state index in [4.69, 9.17) is 0 Å². The zero-order chi connectivity index (χ0) is 13.1. The van der Waals surface area contributed by atoms with Crippen LogP contribution in [0.25, 0.3) is 0 Å². The molecule has 3 nitrogen and oxygen atoms in total. The molecule has 0 N–H and O–H groups in total. The second-order valence-corrected chi connectivity index (χ2v) is 6.42. The third-order valence-corrected chi connectivity index (χ3v) is 5.40. The van der Waals surface area contributed by atoms with Gasteiger partial charge in [0.15, 0.2) is 0 Å². The summed E-state index contributed by atoms with van der Waals surface area (Å²) in [4.78, 5) is 11.6. The molecular formula is C15H22BrN3. The Bertz CT molecular complexity index is 427. The minimum Gasteiger partial charge on any atom is -0.356 e. The lowest BCUT2D eigenvalue weighted by molar-refractivity contribution is 0.444. The summed E-state index contributed by atoms with van der Waals surface area (Å²) < 4.78 is 0. The van der Waals surface area contributed by atoms with Crippen molar-refractivity contribution in [2.45, 2.75) is 44.9 Å². The highest BCUT2D eigenvalue weighted by atomic mass is 79.9. The molecule has 0 saturated carbocycles. The zero-order valence-corrected chi connectivity index (χ0v) is 13.0. The molecule has 1 fully saturated rings. The number of nitrogens with zero attached hydrogens (tertiary/aromatic N) is 3. The van der Waals surface area contributed by atoms with Crippen LogP contribution >= 0.6 is 15.9 Å². The van der Waals surface area contributed by atoms with Crippen LogP contribution in [0.1, 0.15) is 43.4 Å². The third-order valence-electron chi connectivity index (χ3n) is 4.48. The summed E-state index contributed by atoms with van der Waals surface area (Å²) in [6.45, 7) is 2.30. The average molecular weight is 324 g/mol. The van der Waals surface area contributed by atoms with Gasteiger partial charge in [0.2, 0.25) is 0 Å². The van der Waals surface area contributed by atoms with E-state index >= 15 is 0 Å². The molecule has 1 aliphatic carbocycles. The van der Waals surface area contributed by atoms with Gasteiger partial charge in [-0.25, -0.2) is 9.97 Å². The number of fused-ring (bicyclic) bond motifs is 1. The number of alkyl halides is 1. The van der Waals surface area contributed by atoms with Gasteiger partial charge >= 0.3 is 0 Å². The van der Waals surface area contributed by atoms with Gasteiger partial charge in [0.1, 0.15) is 12.1 Å².